The monoisotopic (exact) mass is 512 g/mol. The summed E-state index contributed by atoms with van der Waals surface area (Å²) in [5.74, 6) is 5.46. The number of hydrogen-bond donors (Lipinski definition) is 1. The second kappa shape index (κ2) is 8.75. The van der Waals surface area contributed by atoms with Crippen LogP contribution in [0.15, 0.2) is 11.6 Å². The molecular formula is C27H45IO. The van der Waals surface area contributed by atoms with Gasteiger partial charge in [-0.1, -0.05) is 81.2 Å². The number of aliphatic hydroxyl groups excluding tert-OH is 1. The van der Waals surface area contributed by atoms with E-state index in [0.29, 0.717) is 10.8 Å². The van der Waals surface area contributed by atoms with Gasteiger partial charge in [-0.3, -0.25) is 0 Å². The maximum atomic E-state index is 10.3. The first-order chi connectivity index (χ1) is 13.8. The van der Waals surface area contributed by atoms with Crippen molar-refractivity contribution < 1.29 is 5.11 Å². The molecule has 0 spiro atoms. The highest BCUT2D eigenvalue weighted by atomic mass is 127. The molecule has 3 fully saturated rings. The lowest BCUT2D eigenvalue weighted by molar-refractivity contribution is -0.0548. The van der Waals surface area contributed by atoms with Crippen LogP contribution >= 0.6 is 22.6 Å². The Bertz CT molecular complexity index is 612. The normalized spacial score (nSPS) is 45.3. The molecule has 0 aromatic rings. The minimum absolute atomic E-state index is 0.0784. The predicted octanol–water partition coefficient (Wildman–Crippen LogP) is 7.80. The quantitative estimate of drug-likeness (QED) is 0.219. The number of halogens is 1. The van der Waals surface area contributed by atoms with Gasteiger partial charge in [0.05, 0.1) is 6.10 Å². The maximum absolute atomic E-state index is 10.3. The fourth-order valence-electron chi connectivity index (χ4n) is 8.71. The molecule has 0 radical (unpaired) electrons. The third-order valence-corrected chi connectivity index (χ3v) is 11.6. The molecule has 3 saturated carbocycles. The average Bonchev–Trinajstić information content (AvgIpc) is 3.04. The molecule has 0 aromatic carbocycles. The second-order valence-corrected chi connectivity index (χ2v) is 12.8. The predicted molar refractivity (Wildman–Crippen MR) is 132 cm³/mol. The maximum Gasteiger partial charge on any atom is 0.0577 e. The van der Waals surface area contributed by atoms with E-state index in [9.17, 15) is 5.11 Å². The number of hydrogen-bond acceptors (Lipinski definition) is 1. The van der Waals surface area contributed by atoms with Crippen molar-refractivity contribution in [1.29, 1.82) is 0 Å². The summed E-state index contributed by atoms with van der Waals surface area (Å²) in [6, 6.07) is 0. The van der Waals surface area contributed by atoms with E-state index in [2.05, 4.69) is 56.4 Å². The Morgan fingerprint density at radius 2 is 1.86 bits per heavy atom. The Balaban J connectivity index is 1.51. The van der Waals surface area contributed by atoms with Gasteiger partial charge in [-0.2, -0.15) is 0 Å². The van der Waals surface area contributed by atoms with Crippen LogP contribution < -0.4 is 0 Å². The van der Waals surface area contributed by atoms with Crippen molar-refractivity contribution in [2.24, 2.45) is 46.3 Å². The van der Waals surface area contributed by atoms with E-state index in [1.54, 1.807) is 5.57 Å². The molecule has 166 valence electrons. The largest absolute Gasteiger partial charge is 0.393 e. The zero-order valence-corrected chi connectivity index (χ0v) is 21.6. The van der Waals surface area contributed by atoms with E-state index in [1.165, 1.54) is 62.2 Å². The third kappa shape index (κ3) is 3.89. The number of alkyl halides is 1. The second-order valence-electron chi connectivity index (χ2n) is 12.1. The highest BCUT2D eigenvalue weighted by Crippen LogP contribution is 2.67. The van der Waals surface area contributed by atoms with Gasteiger partial charge in [-0.15, -0.1) is 0 Å². The zero-order valence-electron chi connectivity index (χ0n) is 19.4. The van der Waals surface area contributed by atoms with Gasteiger partial charge >= 0.3 is 0 Å². The summed E-state index contributed by atoms with van der Waals surface area (Å²) < 4.78 is 1.27. The van der Waals surface area contributed by atoms with E-state index in [0.717, 1.165) is 48.3 Å². The molecule has 0 aliphatic heterocycles. The summed E-state index contributed by atoms with van der Waals surface area (Å²) in [6.07, 6.45) is 17.2. The van der Waals surface area contributed by atoms with Gasteiger partial charge in [0.2, 0.25) is 0 Å². The topological polar surface area (TPSA) is 20.2 Å². The summed E-state index contributed by atoms with van der Waals surface area (Å²) in [7, 11) is 0. The molecule has 1 nitrogen and oxygen atoms in total. The lowest BCUT2D eigenvalue weighted by Crippen LogP contribution is -2.52. The van der Waals surface area contributed by atoms with Crippen molar-refractivity contribution in [2.45, 2.75) is 104 Å². The van der Waals surface area contributed by atoms with E-state index < -0.39 is 0 Å². The van der Waals surface area contributed by atoms with E-state index in [1.807, 2.05) is 0 Å². The molecule has 0 aromatic heterocycles. The molecule has 0 unspecified atom stereocenters. The highest BCUT2D eigenvalue weighted by Gasteiger charge is 2.59. The molecule has 0 bridgehead atoms. The van der Waals surface area contributed by atoms with Crippen molar-refractivity contribution >= 4 is 22.6 Å². The smallest absolute Gasteiger partial charge is 0.0577 e. The van der Waals surface area contributed by atoms with E-state index >= 15 is 0 Å². The standard InChI is InChI=1S/C27H45IO/c1-18(2)6-5-7-19(3)23-10-11-24-22-9-8-20-16-21(29)12-15-27(20,17-28)25(22)13-14-26(23,24)4/h8,18-19,21-25,29H,5-7,9-17H2,1-4H3/t19-,21+,22+,23-,24+,25+,26-,27+/m1/s1. The molecule has 4 aliphatic carbocycles. The van der Waals surface area contributed by atoms with Crippen LogP contribution in [0.25, 0.3) is 0 Å². The van der Waals surface area contributed by atoms with Gasteiger partial charge in [0.15, 0.2) is 0 Å². The highest BCUT2D eigenvalue weighted by molar-refractivity contribution is 14.1. The fourth-order valence-corrected chi connectivity index (χ4v) is 10.1. The fraction of sp³-hybridized carbons (Fsp3) is 0.926. The van der Waals surface area contributed by atoms with Crippen LogP contribution in [0.2, 0.25) is 0 Å². The molecule has 2 heteroatoms. The first-order valence-electron chi connectivity index (χ1n) is 12.8. The molecule has 0 saturated heterocycles. The SMILES string of the molecule is CC(C)CCC[C@@H](C)[C@H]1CC[C@H]2[C@@H]3CC=C4C[C@@H](O)CC[C@@]4(CI)[C@H]3CC[C@]12C. The molecule has 8 atom stereocenters. The molecule has 29 heavy (non-hydrogen) atoms. The van der Waals surface area contributed by atoms with Crippen LogP contribution in [-0.4, -0.2) is 15.6 Å². The lowest BCUT2D eigenvalue weighted by Gasteiger charge is -2.59. The van der Waals surface area contributed by atoms with Crippen molar-refractivity contribution in [3.05, 3.63) is 11.6 Å². The molecule has 4 rings (SSSR count). The van der Waals surface area contributed by atoms with Crippen molar-refractivity contribution in [3.8, 4) is 0 Å². The van der Waals surface area contributed by atoms with Gasteiger partial charge < -0.3 is 5.11 Å². The Hall–Kier alpha value is 0.430. The zero-order chi connectivity index (χ0) is 20.8. The Labute approximate surface area is 194 Å². The molecule has 0 amide bonds. The number of allylic oxidation sites excluding steroid dienone is 1. The summed E-state index contributed by atoms with van der Waals surface area (Å²) in [6.45, 7) is 10.0. The van der Waals surface area contributed by atoms with Gasteiger partial charge in [-0.05, 0) is 92.3 Å². The molecule has 0 heterocycles. The first kappa shape index (κ1) is 22.6. The van der Waals surface area contributed by atoms with Crippen LogP contribution in [0.3, 0.4) is 0 Å². The van der Waals surface area contributed by atoms with Gasteiger partial charge in [0, 0.05) is 9.84 Å². The lowest BCUT2D eigenvalue weighted by atomic mass is 9.47. The van der Waals surface area contributed by atoms with Crippen molar-refractivity contribution in [3.63, 3.8) is 0 Å². The summed E-state index contributed by atoms with van der Waals surface area (Å²) >= 11 is 2.68. The van der Waals surface area contributed by atoms with Crippen LogP contribution in [0, 0.1) is 46.3 Å². The van der Waals surface area contributed by atoms with Crippen LogP contribution in [0.5, 0.6) is 0 Å². The minimum atomic E-state index is -0.0784. The molecule has 4 aliphatic rings. The van der Waals surface area contributed by atoms with E-state index in [4.69, 9.17) is 0 Å². The summed E-state index contributed by atoms with van der Waals surface area (Å²) in [5, 5.41) is 10.3. The van der Waals surface area contributed by atoms with E-state index in [-0.39, 0.29) is 6.10 Å². The van der Waals surface area contributed by atoms with Gasteiger partial charge in [0.25, 0.3) is 0 Å². The molecular weight excluding hydrogens is 467 g/mol. The van der Waals surface area contributed by atoms with Gasteiger partial charge in [-0.25, -0.2) is 0 Å². The van der Waals surface area contributed by atoms with Crippen LogP contribution in [-0.2, 0) is 0 Å². The first-order valence-corrected chi connectivity index (χ1v) is 14.3. The Morgan fingerprint density at radius 3 is 2.59 bits per heavy atom. The third-order valence-electron chi connectivity index (χ3n) is 10.2. The van der Waals surface area contributed by atoms with Crippen molar-refractivity contribution in [1.82, 2.24) is 0 Å². The van der Waals surface area contributed by atoms with Crippen LogP contribution in [0.4, 0.5) is 0 Å². The van der Waals surface area contributed by atoms with Gasteiger partial charge in [0.1, 0.15) is 0 Å². The summed E-state index contributed by atoms with van der Waals surface area (Å²) in [5.41, 5.74) is 2.65. The minimum Gasteiger partial charge on any atom is -0.393 e. The number of fused-ring (bicyclic) bond motifs is 5. The average molecular weight is 513 g/mol. The number of rotatable bonds is 6. The van der Waals surface area contributed by atoms with Crippen molar-refractivity contribution in [2.75, 3.05) is 4.43 Å². The van der Waals surface area contributed by atoms with Crippen LogP contribution in [0.1, 0.15) is 98.3 Å². The number of aliphatic hydroxyl groups is 1. The Morgan fingerprint density at radius 1 is 1.07 bits per heavy atom. The molecule has 1 N–H and O–H groups in total. The summed E-state index contributed by atoms with van der Waals surface area (Å²) in [4.78, 5) is 0. The Kier molecular flexibility index (Phi) is 6.83.